The maximum Gasteiger partial charge on any atom is 0.152 e. The van der Waals surface area contributed by atoms with Crippen molar-refractivity contribution in [1.82, 2.24) is 15.1 Å². The van der Waals surface area contributed by atoms with Crippen molar-refractivity contribution in [3.8, 4) is 17.0 Å². The highest BCUT2D eigenvalue weighted by Crippen LogP contribution is 2.47. The number of ether oxygens (including phenoxy) is 2. The highest BCUT2D eigenvalue weighted by atomic mass is 19.1. The number of aromatic hydroxyl groups is 1. The summed E-state index contributed by atoms with van der Waals surface area (Å²) >= 11 is 0. The number of phenols is 1. The second-order valence-electron chi connectivity index (χ2n) is 8.40. The Hall–Kier alpha value is -2.29. The van der Waals surface area contributed by atoms with Gasteiger partial charge in [-0.25, -0.2) is 4.39 Å². The molecule has 30 heavy (non-hydrogen) atoms. The summed E-state index contributed by atoms with van der Waals surface area (Å²) < 4.78 is 23.9. The van der Waals surface area contributed by atoms with Crippen molar-refractivity contribution < 1.29 is 19.0 Å². The third kappa shape index (κ3) is 3.99. The number of piperidine rings is 1. The fourth-order valence-corrected chi connectivity index (χ4v) is 4.44. The van der Waals surface area contributed by atoms with Crippen LogP contribution in [0.1, 0.15) is 36.0 Å². The van der Waals surface area contributed by atoms with Crippen molar-refractivity contribution in [1.29, 1.82) is 0 Å². The van der Waals surface area contributed by atoms with Crippen LogP contribution in [-0.4, -0.2) is 59.7 Å². The van der Waals surface area contributed by atoms with Gasteiger partial charge in [0, 0.05) is 36.3 Å². The van der Waals surface area contributed by atoms with E-state index in [1.807, 2.05) is 31.0 Å². The number of rotatable bonds is 1. The number of anilines is 1. The summed E-state index contributed by atoms with van der Waals surface area (Å²) in [6.07, 6.45) is 1.99. The summed E-state index contributed by atoms with van der Waals surface area (Å²) in [4.78, 5) is 2.04. The highest BCUT2D eigenvalue weighted by Gasteiger charge is 2.47. The molecular weight excluding hydrogens is 387 g/mol. The molecule has 3 aliphatic heterocycles. The standard InChI is InChI=1S/C16H17N3O3.C6H12FN/c1-9-2-3-10(12(20)6-9)14-11-7-22-16(4-5-21-8-16)13(11)15(17)19-18-14;1-8-4-2-3-6(7)5-8/h2-3,6,20H,4-5,7-8H2,1H3,(H2,17,19);6H,2-5H2,1H3. The Labute approximate surface area is 176 Å². The average Bonchev–Trinajstić information content (AvgIpc) is 3.32. The Kier molecular flexibility index (Phi) is 5.90. The van der Waals surface area contributed by atoms with Crippen LogP contribution in [0.25, 0.3) is 11.3 Å². The van der Waals surface area contributed by atoms with E-state index in [1.54, 1.807) is 6.07 Å². The number of phenolic OH excluding ortho intramolecular Hbond substituents is 1. The average molecular weight is 416 g/mol. The zero-order valence-electron chi connectivity index (χ0n) is 17.5. The molecule has 2 atom stereocenters. The van der Waals surface area contributed by atoms with Crippen molar-refractivity contribution in [3.05, 3.63) is 34.9 Å². The van der Waals surface area contributed by atoms with Crippen LogP contribution < -0.4 is 5.73 Å². The van der Waals surface area contributed by atoms with Gasteiger partial charge in [-0.05, 0) is 51.1 Å². The third-order valence-electron chi connectivity index (χ3n) is 6.01. The molecule has 3 aliphatic rings. The van der Waals surface area contributed by atoms with E-state index < -0.39 is 11.8 Å². The zero-order valence-corrected chi connectivity index (χ0v) is 17.5. The Morgan fingerprint density at radius 2 is 2.17 bits per heavy atom. The van der Waals surface area contributed by atoms with Gasteiger partial charge in [-0.1, -0.05) is 6.07 Å². The fourth-order valence-electron chi connectivity index (χ4n) is 4.44. The van der Waals surface area contributed by atoms with E-state index in [9.17, 15) is 9.50 Å². The Bertz CT molecular complexity index is 909. The molecule has 2 aromatic rings. The SMILES string of the molecule is CN1CCCC(F)C1.Cc1ccc(-c2nnc(N)c3c2COC32CCOC2)c(O)c1. The van der Waals surface area contributed by atoms with E-state index in [1.165, 1.54) is 0 Å². The van der Waals surface area contributed by atoms with Crippen molar-refractivity contribution in [2.45, 2.75) is 44.6 Å². The van der Waals surface area contributed by atoms with E-state index in [2.05, 4.69) is 10.2 Å². The summed E-state index contributed by atoms with van der Waals surface area (Å²) in [6, 6.07) is 5.50. The first-order valence-corrected chi connectivity index (χ1v) is 10.4. The smallest absolute Gasteiger partial charge is 0.152 e. The Balaban J connectivity index is 0.000000230. The molecule has 3 N–H and O–H groups in total. The van der Waals surface area contributed by atoms with Crippen LogP contribution in [-0.2, 0) is 21.7 Å². The number of hydrogen-bond acceptors (Lipinski definition) is 7. The number of alkyl halides is 1. The molecule has 8 heteroatoms. The largest absolute Gasteiger partial charge is 0.507 e. The second-order valence-corrected chi connectivity index (χ2v) is 8.40. The first-order chi connectivity index (χ1) is 14.4. The molecule has 1 spiro atoms. The summed E-state index contributed by atoms with van der Waals surface area (Å²) in [6.45, 7) is 5.17. The van der Waals surface area contributed by atoms with E-state index in [4.69, 9.17) is 15.2 Å². The maximum atomic E-state index is 12.4. The molecule has 2 fully saturated rings. The highest BCUT2D eigenvalue weighted by molar-refractivity contribution is 5.73. The van der Waals surface area contributed by atoms with Crippen LogP contribution in [0.2, 0.25) is 0 Å². The summed E-state index contributed by atoms with van der Waals surface area (Å²) in [5, 5.41) is 18.5. The topological polar surface area (TPSA) is 93.7 Å². The number of fused-ring (bicyclic) bond motifs is 2. The number of halogens is 1. The van der Waals surface area contributed by atoms with Crippen LogP contribution in [0, 0.1) is 6.92 Å². The normalized spacial score (nSPS) is 25.8. The first kappa shape index (κ1) is 21.0. The number of aryl methyl sites for hydroxylation is 1. The number of benzene rings is 1. The molecule has 5 rings (SSSR count). The number of hydrogen-bond donors (Lipinski definition) is 2. The predicted octanol–water partition coefficient (Wildman–Crippen LogP) is 2.94. The van der Waals surface area contributed by atoms with Crippen LogP contribution in [0.4, 0.5) is 10.2 Å². The van der Waals surface area contributed by atoms with Gasteiger partial charge in [-0.2, -0.15) is 0 Å². The van der Waals surface area contributed by atoms with E-state index >= 15 is 0 Å². The molecule has 2 saturated heterocycles. The molecule has 7 nitrogen and oxygen atoms in total. The minimum atomic E-state index is -0.561. The van der Waals surface area contributed by atoms with E-state index in [0.717, 1.165) is 42.5 Å². The lowest BCUT2D eigenvalue weighted by Gasteiger charge is -2.24. The molecule has 0 amide bonds. The fraction of sp³-hybridized carbons (Fsp3) is 0.545. The Morgan fingerprint density at radius 1 is 1.33 bits per heavy atom. The molecule has 0 radical (unpaired) electrons. The lowest BCUT2D eigenvalue weighted by atomic mass is 9.90. The quantitative estimate of drug-likeness (QED) is 0.738. The van der Waals surface area contributed by atoms with Crippen LogP contribution in [0.3, 0.4) is 0 Å². The third-order valence-corrected chi connectivity index (χ3v) is 6.01. The summed E-state index contributed by atoms with van der Waals surface area (Å²) in [5.41, 5.74) is 9.59. The number of nitrogens with two attached hydrogens (primary N) is 1. The molecule has 2 unspecified atom stereocenters. The minimum absolute atomic E-state index is 0.185. The van der Waals surface area contributed by atoms with Crippen molar-refractivity contribution >= 4 is 5.82 Å². The lowest BCUT2D eigenvalue weighted by molar-refractivity contribution is -0.0417. The number of nitrogen functional groups attached to an aromatic ring is 1. The molecular formula is C22H29FN4O3. The molecule has 0 saturated carbocycles. The van der Waals surface area contributed by atoms with Gasteiger partial charge in [-0.3, -0.25) is 0 Å². The van der Waals surface area contributed by atoms with Gasteiger partial charge < -0.3 is 25.2 Å². The van der Waals surface area contributed by atoms with Gasteiger partial charge in [0.05, 0.1) is 13.2 Å². The van der Waals surface area contributed by atoms with Gasteiger partial charge in [0.2, 0.25) is 0 Å². The van der Waals surface area contributed by atoms with Crippen LogP contribution in [0.5, 0.6) is 5.75 Å². The predicted molar refractivity (Wildman–Crippen MR) is 112 cm³/mol. The summed E-state index contributed by atoms with van der Waals surface area (Å²) in [7, 11) is 1.96. The van der Waals surface area contributed by atoms with E-state index in [-0.39, 0.29) is 5.75 Å². The molecule has 162 valence electrons. The zero-order chi connectivity index (χ0) is 21.3. The minimum Gasteiger partial charge on any atom is -0.507 e. The van der Waals surface area contributed by atoms with Crippen LogP contribution in [0.15, 0.2) is 18.2 Å². The molecule has 0 bridgehead atoms. The molecule has 0 aliphatic carbocycles. The van der Waals surface area contributed by atoms with Crippen molar-refractivity contribution in [3.63, 3.8) is 0 Å². The monoisotopic (exact) mass is 416 g/mol. The van der Waals surface area contributed by atoms with Gasteiger partial charge in [0.1, 0.15) is 23.2 Å². The molecule has 4 heterocycles. The maximum absolute atomic E-state index is 12.4. The van der Waals surface area contributed by atoms with Gasteiger partial charge in [-0.15, -0.1) is 10.2 Å². The van der Waals surface area contributed by atoms with Crippen molar-refractivity contribution in [2.75, 3.05) is 39.1 Å². The number of nitrogens with zero attached hydrogens (tertiary/aromatic N) is 3. The Morgan fingerprint density at radius 3 is 2.80 bits per heavy atom. The van der Waals surface area contributed by atoms with Gasteiger partial charge >= 0.3 is 0 Å². The molecule has 1 aromatic heterocycles. The van der Waals surface area contributed by atoms with Crippen LogP contribution >= 0.6 is 0 Å². The first-order valence-electron chi connectivity index (χ1n) is 10.4. The molecule has 1 aromatic carbocycles. The number of aromatic nitrogens is 2. The van der Waals surface area contributed by atoms with Crippen molar-refractivity contribution in [2.24, 2.45) is 0 Å². The summed E-state index contributed by atoms with van der Waals surface area (Å²) in [5.74, 6) is 0.568. The van der Waals surface area contributed by atoms with E-state index in [0.29, 0.717) is 43.4 Å². The van der Waals surface area contributed by atoms with Gasteiger partial charge in [0.15, 0.2) is 5.82 Å². The lowest BCUT2D eigenvalue weighted by Crippen LogP contribution is -2.32. The van der Waals surface area contributed by atoms with Gasteiger partial charge in [0.25, 0.3) is 0 Å². The number of likely N-dealkylation sites (tertiary alicyclic amines) is 1. The second kappa shape index (κ2) is 8.45.